The Morgan fingerprint density at radius 3 is 2.50 bits per heavy atom. The maximum absolute atomic E-state index is 9.10. The minimum absolute atomic E-state index is 0.584. The van der Waals surface area contributed by atoms with Crippen molar-refractivity contribution in [1.82, 2.24) is 9.79 Å². The Hall–Kier alpha value is 0.230. The normalized spacial score (nSPS) is 22.0. The highest BCUT2D eigenvalue weighted by Gasteiger charge is 2.17. The van der Waals surface area contributed by atoms with Gasteiger partial charge in [0.25, 0.3) is 0 Å². The fraction of sp³-hybridized carbons (Fsp3) is 1.00. The first-order valence-electron chi connectivity index (χ1n) is 4.53. The zero-order valence-electron chi connectivity index (χ0n) is 7.79. The van der Waals surface area contributed by atoms with Crippen LogP contribution in [-0.4, -0.2) is 34.7 Å². The van der Waals surface area contributed by atoms with Crippen LogP contribution in [0.1, 0.15) is 26.7 Å². The molecule has 0 aromatic heterocycles. The summed E-state index contributed by atoms with van der Waals surface area (Å²) in [4.78, 5) is 0. The first-order chi connectivity index (χ1) is 5.68. The molecule has 12 heavy (non-hydrogen) atoms. The second-order valence-corrected chi connectivity index (χ2v) is 4.93. The summed E-state index contributed by atoms with van der Waals surface area (Å²) in [6, 6.07) is 0.584. The lowest BCUT2D eigenvalue weighted by Crippen LogP contribution is -2.39. The number of nitrogens with one attached hydrogen (secondary N) is 1. The van der Waals surface area contributed by atoms with Gasteiger partial charge in [0.05, 0.1) is 0 Å². The van der Waals surface area contributed by atoms with E-state index in [9.17, 15) is 0 Å². The average Bonchev–Trinajstić information content (AvgIpc) is 2.03. The van der Waals surface area contributed by atoms with Crippen LogP contribution in [0.25, 0.3) is 0 Å². The molecular formula is C8H18N2OS. The van der Waals surface area contributed by atoms with Gasteiger partial charge in [-0.15, -0.1) is 0 Å². The van der Waals surface area contributed by atoms with Gasteiger partial charge in [0.15, 0.2) is 0 Å². The van der Waals surface area contributed by atoms with E-state index in [-0.39, 0.29) is 0 Å². The molecule has 1 aliphatic rings. The summed E-state index contributed by atoms with van der Waals surface area (Å²) in [5, 5.41) is 11.1. The third-order valence-corrected chi connectivity index (χ3v) is 2.88. The van der Waals surface area contributed by atoms with E-state index in [1.165, 1.54) is 5.06 Å². The molecule has 4 heteroatoms. The van der Waals surface area contributed by atoms with Gasteiger partial charge in [-0.3, -0.25) is 4.72 Å². The monoisotopic (exact) mass is 190 g/mol. The van der Waals surface area contributed by atoms with Crippen LogP contribution < -0.4 is 4.72 Å². The lowest BCUT2D eigenvalue weighted by atomic mass is 10.1. The van der Waals surface area contributed by atoms with Crippen molar-refractivity contribution in [1.29, 1.82) is 0 Å². The van der Waals surface area contributed by atoms with Crippen molar-refractivity contribution in [2.75, 3.05) is 13.1 Å². The van der Waals surface area contributed by atoms with E-state index in [0.717, 1.165) is 25.9 Å². The Bertz CT molecular complexity index is 124. The summed E-state index contributed by atoms with van der Waals surface area (Å²) in [7, 11) is 0. The highest BCUT2D eigenvalue weighted by Crippen LogP contribution is 2.13. The van der Waals surface area contributed by atoms with E-state index in [1.807, 2.05) is 0 Å². The smallest absolute Gasteiger partial charge is 0.0253 e. The van der Waals surface area contributed by atoms with Gasteiger partial charge in [-0.2, -0.15) is 5.06 Å². The maximum Gasteiger partial charge on any atom is 0.0253 e. The van der Waals surface area contributed by atoms with Crippen molar-refractivity contribution < 1.29 is 5.21 Å². The minimum atomic E-state index is 0.584. The fourth-order valence-corrected chi connectivity index (χ4v) is 1.92. The summed E-state index contributed by atoms with van der Waals surface area (Å²) in [6.07, 6.45) is 2.10. The summed E-state index contributed by atoms with van der Waals surface area (Å²) in [5.74, 6) is 0. The average molecular weight is 190 g/mol. The largest absolute Gasteiger partial charge is 0.314 e. The van der Waals surface area contributed by atoms with E-state index in [1.54, 1.807) is 11.9 Å². The van der Waals surface area contributed by atoms with Gasteiger partial charge in [-0.05, 0) is 12.8 Å². The molecule has 0 amide bonds. The van der Waals surface area contributed by atoms with Crippen LogP contribution in [0.15, 0.2) is 0 Å². The van der Waals surface area contributed by atoms with E-state index < -0.39 is 0 Å². The number of hydrogen-bond donors (Lipinski definition) is 2. The van der Waals surface area contributed by atoms with Crippen LogP contribution in [0.4, 0.5) is 0 Å². The second-order valence-electron chi connectivity index (χ2n) is 3.51. The predicted molar refractivity (Wildman–Crippen MR) is 52.2 cm³/mol. The van der Waals surface area contributed by atoms with Gasteiger partial charge in [0.2, 0.25) is 0 Å². The van der Waals surface area contributed by atoms with Crippen molar-refractivity contribution in [3.63, 3.8) is 0 Å². The van der Waals surface area contributed by atoms with Crippen LogP contribution >= 0.6 is 11.9 Å². The van der Waals surface area contributed by atoms with Crippen molar-refractivity contribution >= 4 is 11.9 Å². The molecule has 1 saturated heterocycles. The summed E-state index contributed by atoms with van der Waals surface area (Å²) in [6.45, 7) is 5.96. The predicted octanol–water partition coefficient (Wildman–Crippen LogP) is 1.49. The van der Waals surface area contributed by atoms with Crippen molar-refractivity contribution in [3.8, 4) is 0 Å². The zero-order valence-corrected chi connectivity index (χ0v) is 8.60. The van der Waals surface area contributed by atoms with Crippen molar-refractivity contribution in [2.45, 2.75) is 38.0 Å². The number of hydroxylamine groups is 2. The lowest BCUT2D eigenvalue weighted by Gasteiger charge is -2.28. The molecule has 0 radical (unpaired) electrons. The molecule has 3 nitrogen and oxygen atoms in total. The molecule has 1 fully saturated rings. The van der Waals surface area contributed by atoms with Gasteiger partial charge in [-0.25, -0.2) is 0 Å². The first-order valence-corrected chi connectivity index (χ1v) is 5.41. The topological polar surface area (TPSA) is 35.5 Å². The molecule has 1 rings (SSSR count). The lowest BCUT2D eigenvalue weighted by molar-refractivity contribution is -0.106. The third-order valence-electron chi connectivity index (χ3n) is 1.94. The highest BCUT2D eigenvalue weighted by molar-refractivity contribution is 7.98. The van der Waals surface area contributed by atoms with Crippen molar-refractivity contribution in [2.24, 2.45) is 0 Å². The molecule has 2 N–H and O–H groups in total. The van der Waals surface area contributed by atoms with Crippen LogP contribution in [0.5, 0.6) is 0 Å². The summed E-state index contributed by atoms with van der Waals surface area (Å²) < 4.78 is 3.42. The van der Waals surface area contributed by atoms with Crippen LogP contribution in [0.2, 0.25) is 0 Å². The SMILES string of the molecule is CC(C)SNC1CCN(O)CC1. The number of nitrogens with zero attached hydrogens (tertiary/aromatic N) is 1. The third kappa shape index (κ3) is 3.76. The minimum Gasteiger partial charge on any atom is -0.314 e. The molecule has 0 unspecified atom stereocenters. The van der Waals surface area contributed by atoms with E-state index in [2.05, 4.69) is 18.6 Å². The Morgan fingerprint density at radius 1 is 1.42 bits per heavy atom. The summed E-state index contributed by atoms with van der Waals surface area (Å²) in [5.41, 5.74) is 0. The number of rotatable bonds is 3. The fourth-order valence-electron chi connectivity index (χ4n) is 1.22. The van der Waals surface area contributed by atoms with E-state index >= 15 is 0 Å². The standard InChI is InChI=1S/C8H18N2OS/c1-7(2)12-9-8-3-5-10(11)6-4-8/h7-9,11H,3-6H2,1-2H3. The molecule has 0 bridgehead atoms. The van der Waals surface area contributed by atoms with Crippen LogP contribution in [-0.2, 0) is 0 Å². The zero-order chi connectivity index (χ0) is 8.97. The molecule has 0 spiro atoms. The van der Waals surface area contributed by atoms with Gasteiger partial charge in [-0.1, -0.05) is 25.8 Å². The van der Waals surface area contributed by atoms with Crippen LogP contribution in [0, 0.1) is 0 Å². The van der Waals surface area contributed by atoms with Crippen LogP contribution in [0.3, 0.4) is 0 Å². The second kappa shape index (κ2) is 5.07. The quantitative estimate of drug-likeness (QED) is 0.661. The van der Waals surface area contributed by atoms with Gasteiger partial charge in [0.1, 0.15) is 0 Å². The number of hydrogen-bond acceptors (Lipinski definition) is 4. The highest BCUT2D eigenvalue weighted by atomic mass is 32.2. The Labute approximate surface area is 78.6 Å². The molecule has 1 heterocycles. The molecule has 72 valence electrons. The Kier molecular flexibility index (Phi) is 4.35. The molecule has 0 aliphatic carbocycles. The molecule has 0 aromatic carbocycles. The van der Waals surface area contributed by atoms with Gasteiger partial charge in [0, 0.05) is 24.4 Å². The van der Waals surface area contributed by atoms with E-state index in [4.69, 9.17) is 5.21 Å². The van der Waals surface area contributed by atoms with E-state index in [0.29, 0.717) is 11.3 Å². The first kappa shape index (κ1) is 10.3. The van der Waals surface area contributed by atoms with Crippen molar-refractivity contribution in [3.05, 3.63) is 0 Å². The molecule has 0 saturated carbocycles. The molecule has 1 aliphatic heterocycles. The molecule has 0 aromatic rings. The Morgan fingerprint density at radius 2 is 2.00 bits per heavy atom. The Balaban J connectivity index is 2.09. The van der Waals surface area contributed by atoms with Gasteiger partial charge < -0.3 is 5.21 Å². The molecule has 0 atom stereocenters. The molecular weight excluding hydrogens is 172 g/mol. The van der Waals surface area contributed by atoms with Gasteiger partial charge >= 0.3 is 0 Å². The maximum atomic E-state index is 9.10. The summed E-state index contributed by atoms with van der Waals surface area (Å²) >= 11 is 1.79. The number of piperidine rings is 1.